The third-order valence-electron chi connectivity index (χ3n) is 1.84. The largest absolute Gasteiger partial charge is 0.389 e. The van der Waals surface area contributed by atoms with Crippen molar-refractivity contribution in [3.63, 3.8) is 0 Å². The van der Waals surface area contributed by atoms with E-state index in [0.29, 0.717) is 16.6 Å². The summed E-state index contributed by atoms with van der Waals surface area (Å²) in [6.07, 6.45) is 0.145. The summed E-state index contributed by atoms with van der Waals surface area (Å²) in [5.41, 5.74) is 6.58. The quantitative estimate of drug-likeness (QED) is 0.779. The fourth-order valence-electron chi connectivity index (χ4n) is 1.08. The van der Waals surface area contributed by atoms with Crippen molar-refractivity contribution in [3.05, 3.63) is 10.7 Å². The van der Waals surface area contributed by atoms with Crippen molar-refractivity contribution >= 4 is 16.3 Å². The van der Waals surface area contributed by atoms with Crippen LogP contribution in [0.4, 0.5) is 5.00 Å². The number of aliphatic hydroxyl groups is 1. The van der Waals surface area contributed by atoms with E-state index in [-0.39, 0.29) is 6.61 Å². The zero-order valence-corrected chi connectivity index (χ0v) is 9.30. The van der Waals surface area contributed by atoms with Crippen LogP contribution in [0.1, 0.15) is 30.7 Å². The maximum atomic E-state index is 9.65. The van der Waals surface area contributed by atoms with Gasteiger partial charge in [0.05, 0.1) is 12.3 Å². The van der Waals surface area contributed by atoms with Crippen molar-refractivity contribution in [1.82, 2.24) is 4.98 Å². The van der Waals surface area contributed by atoms with Gasteiger partial charge >= 0.3 is 0 Å². The van der Waals surface area contributed by atoms with Gasteiger partial charge in [-0.2, -0.15) is 0 Å². The Morgan fingerprint density at radius 3 is 2.79 bits per heavy atom. The smallest absolute Gasteiger partial charge is 0.129 e. The van der Waals surface area contributed by atoms with Crippen molar-refractivity contribution in [2.45, 2.75) is 26.4 Å². The zero-order valence-electron chi connectivity index (χ0n) is 8.49. The molecule has 1 aromatic heterocycles. The Balaban J connectivity index is 2.65. The van der Waals surface area contributed by atoms with Gasteiger partial charge in [0.25, 0.3) is 0 Å². The lowest BCUT2D eigenvalue weighted by molar-refractivity contribution is 0.0418. The average molecular weight is 216 g/mol. The Bertz CT molecular complexity index is 288. The molecule has 0 saturated carbocycles. The molecular weight excluding hydrogens is 200 g/mol. The van der Waals surface area contributed by atoms with Gasteiger partial charge in [0.1, 0.15) is 16.1 Å². The number of aromatic nitrogens is 1. The molecule has 5 heteroatoms. The number of aliphatic hydroxyl groups excluding tert-OH is 1. The van der Waals surface area contributed by atoms with Crippen LogP contribution < -0.4 is 5.73 Å². The van der Waals surface area contributed by atoms with Crippen molar-refractivity contribution in [3.8, 4) is 0 Å². The molecule has 4 nitrogen and oxygen atoms in total. The lowest BCUT2D eigenvalue weighted by Crippen LogP contribution is -2.06. The molecule has 0 aliphatic carbocycles. The highest BCUT2D eigenvalue weighted by Crippen LogP contribution is 2.26. The van der Waals surface area contributed by atoms with Gasteiger partial charge in [-0.15, -0.1) is 0 Å². The van der Waals surface area contributed by atoms with E-state index in [1.165, 1.54) is 11.3 Å². The molecule has 0 saturated heterocycles. The number of aryl methyl sites for hydroxylation is 1. The summed E-state index contributed by atoms with van der Waals surface area (Å²) in [4.78, 5) is 4.24. The predicted molar refractivity (Wildman–Crippen MR) is 57.4 cm³/mol. The van der Waals surface area contributed by atoms with Crippen LogP contribution in [-0.4, -0.2) is 23.3 Å². The fourth-order valence-corrected chi connectivity index (χ4v) is 1.97. The molecule has 0 radical (unpaired) electrons. The molecular formula is C9H16N2O2S. The second-order valence-electron chi connectivity index (χ2n) is 2.89. The van der Waals surface area contributed by atoms with Crippen LogP contribution in [0.2, 0.25) is 0 Å². The van der Waals surface area contributed by atoms with Crippen LogP contribution in [-0.2, 0) is 11.2 Å². The maximum absolute atomic E-state index is 9.65. The van der Waals surface area contributed by atoms with Gasteiger partial charge < -0.3 is 15.6 Å². The summed E-state index contributed by atoms with van der Waals surface area (Å²) in [6, 6.07) is 0. The summed E-state index contributed by atoms with van der Waals surface area (Å²) < 4.78 is 5.11. The molecule has 80 valence electrons. The molecule has 0 fully saturated rings. The van der Waals surface area contributed by atoms with Crippen molar-refractivity contribution in [1.29, 1.82) is 0 Å². The number of rotatable bonds is 5. The van der Waals surface area contributed by atoms with Crippen molar-refractivity contribution < 1.29 is 9.84 Å². The first-order valence-corrected chi connectivity index (χ1v) is 5.51. The average Bonchev–Trinajstić information content (AvgIpc) is 2.56. The Kier molecular flexibility index (Phi) is 4.31. The van der Waals surface area contributed by atoms with Gasteiger partial charge in [-0.1, -0.05) is 18.3 Å². The lowest BCUT2D eigenvalue weighted by atomic mass is 10.3. The van der Waals surface area contributed by atoms with Gasteiger partial charge in [0.2, 0.25) is 0 Å². The number of hydrogen-bond donors (Lipinski definition) is 2. The van der Waals surface area contributed by atoms with E-state index in [4.69, 9.17) is 10.5 Å². The summed E-state index contributed by atoms with van der Waals surface area (Å²) in [7, 11) is 0. The predicted octanol–water partition coefficient (Wildman–Crippen LogP) is 1.36. The Hall–Kier alpha value is -0.650. The van der Waals surface area contributed by atoms with Crippen LogP contribution in [0, 0.1) is 0 Å². The first-order chi connectivity index (χ1) is 6.69. The molecule has 3 N–H and O–H groups in total. The minimum Gasteiger partial charge on any atom is -0.389 e. The van der Waals surface area contributed by atoms with E-state index >= 15 is 0 Å². The molecule has 0 spiro atoms. The van der Waals surface area contributed by atoms with Crippen LogP contribution in [0.25, 0.3) is 0 Å². The summed E-state index contributed by atoms with van der Waals surface area (Å²) in [5, 5.41) is 11.0. The van der Waals surface area contributed by atoms with Gasteiger partial charge in [-0.25, -0.2) is 4.98 Å². The highest BCUT2D eigenvalue weighted by molar-refractivity contribution is 7.15. The Morgan fingerprint density at radius 1 is 1.57 bits per heavy atom. The standard InChI is InChI=1S/C9H16N2O2S/c1-3-6-8(10)14-9(11-6)7(12)5-13-4-2/h7,12H,3-5,10H2,1-2H3. The van der Waals surface area contributed by atoms with Gasteiger partial charge in [0, 0.05) is 6.61 Å². The molecule has 0 aromatic carbocycles. The zero-order chi connectivity index (χ0) is 10.6. The minimum atomic E-state index is -0.650. The highest BCUT2D eigenvalue weighted by Gasteiger charge is 2.14. The van der Waals surface area contributed by atoms with Crippen LogP contribution in [0.3, 0.4) is 0 Å². The number of thiazole rings is 1. The summed E-state index contributed by atoms with van der Waals surface area (Å²) in [6.45, 7) is 4.76. The second-order valence-corrected chi connectivity index (χ2v) is 3.95. The molecule has 0 amide bonds. The van der Waals surface area contributed by atoms with Gasteiger partial charge in [-0.3, -0.25) is 0 Å². The number of nitrogens with zero attached hydrogens (tertiary/aromatic N) is 1. The number of nitrogen functional groups attached to an aromatic ring is 1. The summed E-state index contributed by atoms with van der Waals surface area (Å²) >= 11 is 1.33. The maximum Gasteiger partial charge on any atom is 0.129 e. The Morgan fingerprint density at radius 2 is 2.29 bits per heavy atom. The third-order valence-corrected chi connectivity index (χ3v) is 2.87. The van der Waals surface area contributed by atoms with Crippen molar-refractivity contribution in [2.24, 2.45) is 0 Å². The number of ether oxygens (including phenoxy) is 1. The topological polar surface area (TPSA) is 68.4 Å². The van der Waals surface area contributed by atoms with E-state index in [1.54, 1.807) is 0 Å². The molecule has 1 unspecified atom stereocenters. The van der Waals surface area contributed by atoms with E-state index in [0.717, 1.165) is 12.1 Å². The fraction of sp³-hybridized carbons (Fsp3) is 0.667. The van der Waals surface area contributed by atoms with Gasteiger partial charge in [-0.05, 0) is 13.3 Å². The lowest BCUT2D eigenvalue weighted by Gasteiger charge is -2.05. The number of hydrogen-bond acceptors (Lipinski definition) is 5. The monoisotopic (exact) mass is 216 g/mol. The Labute approximate surface area is 87.7 Å². The molecule has 0 aliphatic heterocycles. The van der Waals surface area contributed by atoms with Crippen LogP contribution in [0.15, 0.2) is 0 Å². The normalized spacial score (nSPS) is 13.1. The number of nitrogens with two attached hydrogens (primary N) is 1. The van der Waals surface area contributed by atoms with Crippen LogP contribution in [0.5, 0.6) is 0 Å². The molecule has 1 aromatic rings. The molecule has 0 bridgehead atoms. The molecule has 0 aliphatic rings. The first kappa shape index (κ1) is 11.4. The van der Waals surface area contributed by atoms with Crippen molar-refractivity contribution in [2.75, 3.05) is 18.9 Å². The van der Waals surface area contributed by atoms with Gasteiger partial charge in [0.15, 0.2) is 0 Å². The molecule has 1 rings (SSSR count). The van der Waals surface area contributed by atoms with E-state index in [2.05, 4.69) is 4.98 Å². The third kappa shape index (κ3) is 2.67. The first-order valence-electron chi connectivity index (χ1n) is 4.69. The van der Waals surface area contributed by atoms with Crippen LogP contribution >= 0.6 is 11.3 Å². The van der Waals surface area contributed by atoms with E-state index in [1.807, 2.05) is 13.8 Å². The van der Waals surface area contributed by atoms with E-state index < -0.39 is 6.10 Å². The molecule has 1 heterocycles. The number of anilines is 1. The SMILES string of the molecule is CCOCC(O)c1nc(CC)c(N)s1. The molecule has 14 heavy (non-hydrogen) atoms. The highest BCUT2D eigenvalue weighted by atomic mass is 32.1. The summed E-state index contributed by atoms with van der Waals surface area (Å²) in [5.74, 6) is 0. The second kappa shape index (κ2) is 5.29. The van der Waals surface area contributed by atoms with E-state index in [9.17, 15) is 5.11 Å². The molecule has 1 atom stereocenters. The minimum absolute atomic E-state index is 0.284.